The number of amides is 1. The molecule has 2 unspecified atom stereocenters. The molecular formula is C59H107NO5. The zero-order chi connectivity index (χ0) is 47.2. The second-order valence-corrected chi connectivity index (χ2v) is 18.9. The number of nitrogens with one attached hydrogen (secondary N) is 1. The molecule has 0 aromatic heterocycles. The Morgan fingerprint density at radius 1 is 0.431 bits per heavy atom. The fourth-order valence-electron chi connectivity index (χ4n) is 8.15. The number of aliphatic hydroxyl groups is 2. The lowest BCUT2D eigenvalue weighted by molar-refractivity contribution is -0.143. The highest BCUT2D eigenvalue weighted by atomic mass is 16.5. The van der Waals surface area contributed by atoms with E-state index in [1.165, 1.54) is 180 Å². The van der Waals surface area contributed by atoms with Crippen LogP contribution in [0.25, 0.3) is 0 Å². The van der Waals surface area contributed by atoms with Gasteiger partial charge in [0.2, 0.25) is 5.91 Å². The van der Waals surface area contributed by atoms with Crippen molar-refractivity contribution in [2.75, 3.05) is 13.2 Å². The van der Waals surface area contributed by atoms with Gasteiger partial charge in [0.15, 0.2) is 0 Å². The number of rotatable bonds is 51. The first-order valence-electron chi connectivity index (χ1n) is 28.1. The second-order valence-electron chi connectivity index (χ2n) is 18.9. The number of hydrogen-bond acceptors (Lipinski definition) is 5. The largest absolute Gasteiger partial charge is 0.466 e. The molecule has 0 radical (unpaired) electrons. The molecule has 0 saturated heterocycles. The van der Waals surface area contributed by atoms with Crippen molar-refractivity contribution in [2.24, 2.45) is 0 Å². The molecule has 0 aliphatic heterocycles. The van der Waals surface area contributed by atoms with Crippen molar-refractivity contribution in [3.05, 3.63) is 60.8 Å². The molecule has 2 atom stereocenters. The van der Waals surface area contributed by atoms with Crippen LogP contribution in [0.4, 0.5) is 0 Å². The highest BCUT2D eigenvalue weighted by Crippen LogP contribution is 2.15. The quantitative estimate of drug-likeness (QED) is 0.0321. The SMILES string of the molecule is CCCC/C=C\C/C=C\CCCCCCCC(=O)OCCCCCCCCCCC/C=C\C/C=C\CCCCCCCCCC(=O)NC(CO)C(O)/C=C/CCCCCCCCCCC. The molecule has 0 saturated carbocycles. The number of esters is 1. The molecule has 0 aromatic carbocycles. The van der Waals surface area contributed by atoms with E-state index in [1.807, 2.05) is 6.08 Å². The Bertz CT molecular complexity index is 1140. The van der Waals surface area contributed by atoms with Gasteiger partial charge in [0.05, 0.1) is 25.4 Å². The van der Waals surface area contributed by atoms with E-state index in [4.69, 9.17) is 4.74 Å². The Balaban J connectivity index is 3.48. The molecule has 6 heteroatoms. The highest BCUT2D eigenvalue weighted by molar-refractivity contribution is 5.76. The van der Waals surface area contributed by atoms with Gasteiger partial charge < -0.3 is 20.3 Å². The maximum absolute atomic E-state index is 12.4. The summed E-state index contributed by atoms with van der Waals surface area (Å²) in [7, 11) is 0. The van der Waals surface area contributed by atoms with Gasteiger partial charge >= 0.3 is 5.97 Å². The Kier molecular flexibility index (Phi) is 52.1. The zero-order valence-corrected chi connectivity index (χ0v) is 43.0. The predicted molar refractivity (Wildman–Crippen MR) is 282 cm³/mol. The maximum atomic E-state index is 12.4. The van der Waals surface area contributed by atoms with Gasteiger partial charge in [-0.3, -0.25) is 9.59 Å². The van der Waals surface area contributed by atoms with Crippen LogP contribution >= 0.6 is 0 Å². The first-order valence-corrected chi connectivity index (χ1v) is 28.1. The van der Waals surface area contributed by atoms with Crippen molar-refractivity contribution < 1.29 is 24.5 Å². The number of carbonyl (C=O) groups excluding carboxylic acids is 2. The molecule has 6 nitrogen and oxygen atoms in total. The second kappa shape index (κ2) is 54.2. The molecule has 1 amide bonds. The molecule has 0 aromatic rings. The molecule has 378 valence electrons. The number of ether oxygens (including phenoxy) is 1. The average Bonchev–Trinajstić information content (AvgIpc) is 3.31. The van der Waals surface area contributed by atoms with Crippen LogP contribution in [0.3, 0.4) is 0 Å². The van der Waals surface area contributed by atoms with Crippen LogP contribution in [0.15, 0.2) is 60.8 Å². The van der Waals surface area contributed by atoms with E-state index in [2.05, 4.69) is 67.8 Å². The van der Waals surface area contributed by atoms with Gasteiger partial charge in [-0.1, -0.05) is 235 Å². The predicted octanol–water partition coefficient (Wildman–Crippen LogP) is 17.2. The van der Waals surface area contributed by atoms with Crippen molar-refractivity contribution in [2.45, 2.75) is 289 Å². The minimum atomic E-state index is -0.851. The van der Waals surface area contributed by atoms with Crippen molar-refractivity contribution in [1.82, 2.24) is 5.32 Å². The molecule has 0 aliphatic carbocycles. The van der Waals surface area contributed by atoms with Crippen LogP contribution in [0.1, 0.15) is 277 Å². The minimum Gasteiger partial charge on any atom is -0.466 e. The summed E-state index contributed by atoms with van der Waals surface area (Å²) in [4.78, 5) is 24.4. The molecule has 3 N–H and O–H groups in total. The van der Waals surface area contributed by atoms with Gasteiger partial charge in [0.25, 0.3) is 0 Å². The van der Waals surface area contributed by atoms with Crippen molar-refractivity contribution >= 4 is 11.9 Å². The first kappa shape index (κ1) is 62.6. The topological polar surface area (TPSA) is 95.9 Å². The molecule has 0 bridgehead atoms. The van der Waals surface area contributed by atoms with E-state index in [1.54, 1.807) is 6.08 Å². The Labute approximate surface area is 403 Å². The average molecular weight is 911 g/mol. The number of unbranched alkanes of at least 4 members (excludes halogenated alkanes) is 32. The summed E-state index contributed by atoms with van der Waals surface area (Å²) >= 11 is 0. The van der Waals surface area contributed by atoms with Crippen molar-refractivity contribution in [1.29, 1.82) is 0 Å². The molecular weight excluding hydrogens is 803 g/mol. The standard InChI is InChI=1S/C59H107NO5/c1-3-5-7-9-11-13-15-16-29-33-37-41-45-49-53-59(64)65-54-50-46-42-38-34-30-27-25-23-21-19-17-18-20-22-24-26-28-32-36-40-44-48-52-58(63)60-56(55-61)57(62)51-47-43-39-35-31-14-12-10-8-6-4-2/h9,11,15-17,19-20,22,47,51,56-57,61-62H,3-8,10,12-14,18,21,23-46,48-50,52-55H2,1-2H3,(H,60,63)/b11-9-,16-15-,19-17-,22-20-,51-47+. The van der Waals surface area contributed by atoms with E-state index in [0.29, 0.717) is 19.4 Å². The third-order valence-corrected chi connectivity index (χ3v) is 12.5. The summed E-state index contributed by atoms with van der Waals surface area (Å²) in [6, 6.07) is -0.635. The third-order valence-electron chi connectivity index (χ3n) is 12.5. The van der Waals surface area contributed by atoms with E-state index in [0.717, 1.165) is 70.6 Å². The van der Waals surface area contributed by atoms with E-state index in [-0.39, 0.29) is 18.5 Å². The van der Waals surface area contributed by atoms with E-state index < -0.39 is 12.1 Å². The van der Waals surface area contributed by atoms with Gasteiger partial charge in [-0.15, -0.1) is 0 Å². The maximum Gasteiger partial charge on any atom is 0.305 e. The van der Waals surface area contributed by atoms with Gasteiger partial charge in [0.1, 0.15) is 0 Å². The highest BCUT2D eigenvalue weighted by Gasteiger charge is 2.18. The van der Waals surface area contributed by atoms with Crippen LogP contribution in [0.5, 0.6) is 0 Å². The van der Waals surface area contributed by atoms with Gasteiger partial charge in [0, 0.05) is 12.8 Å². The van der Waals surface area contributed by atoms with Gasteiger partial charge in [-0.05, 0) is 89.9 Å². The lowest BCUT2D eigenvalue weighted by Gasteiger charge is -2.20. The van der Waals surface area contributed by atoms with Crippen LogP contribution in [-0.2, 0) is 14.3 Å². The third kappa shape index (κ3) is 50.8. The van der Waals surface area contributed by atoms with E-state index >= 15 is 0 Å². The monoisotopic (exact) mass is 910 g/mol. The smallest absolute Gasteiger partial charge is 0.305 e. The summed E-state index contributed by atoms with van der Waals surface area (Å²) in [5.74, 6) is -0.0904. The number of carbonyl (C=O) groups is 2. The van der Waals surface area contributed by atoms with Crippen LogP contribution < -0.4 is 5.32 Å². The Morgan fingerprint density at radius 2 is 0.785 bits per heavy atom. The molecule has 0 fully saturated rings. The molecule has 0 rings (SSSR count). The molecule has 0 heterocycles. The fourth-order valence-corrected chi connectivity index (χ4v) is 8.15. The van der Waals surface area contributed by atoms with E-state index in [9.17, 15) is 19.8 Å². The summed E-state index contributed by atoms with van der Waals surface area (Å²) in [6.45, 7) is 4.82. The molecule has 65 heavy (non-hydrogen) atoms. The van der Waals surface area contributed by atoms with Crippen LogP contribution in [-0.4, -0.2) is 47.4 Å². The van der Waals surface area contributed by atoms with Gasteiger partial charge in [-0.25, -0.2) is 0 Å². The molecule has 0 aliphatic rings. The van der Waals surface area contributed by atoms with Crippen molar-refractivity contribution in [3.8, 4) is 0 Å². The Hall–Kier alpha value is -2.44. The number of aliphatic hydroxyl groups excluding tert-OH is 2. The van der Waals surface area contributed by atoms with Crippen LogP contribution in [0, 0.1) is 0 Å². The first-order chi connectivity index (χ1) is 32.0. The normalized spacial score (nSPS) is 13.1. The summed E-state index contributed by atoms with van der Waals surface area (Å²) in [5, 5.41) is 23.0. The van der Waals surface area contributed by atoms with Crippen molar-refractivity contribution in [3.63, 3.8) is 0 Å². The summed E-state index contributed by atoms with van der Waals surface area (Å²) in [5.41, 5.74) is 0. The lowest BCUT2D eigenvalue weighted by Crippen LogP contribution is -2.45. The molecule has 0 spiro atoms. The number of allylic oxidation sites excluding steroid dienone is 9. The van der Waals surface area contributed by atoms with Gasteiger partial charge in [-0.2, -0.15) is 0 Å². The van der Waals surface area contributed by atoms with Crippen LogP contribution in [0.2, 0.25) is 0 Å². The minimum absolute atomic E-state index is 0.00922. The number of hydrogen-bond donors (Lipinski definition) is 3. The lowest BCUT2D eigenvalue weighted by atomic mass is 10.1. The Morgan fingerprint density at radius 3 is 1.22 bits per heavy atom. The zero-order valence-electron chi connectivity index (χ0n) is 43.0. The summed E-state index contributed by atoms with van der Waals surface area (Å²) in [6.07, 6.45) is 69.5. The summed E-state index contributed by atoms with van der Waals surface area (Å²) < 4.78 is 5.46. The fraction of sp³-hybridized carbons (Fsp3) is 0.797.